The standard InChI is InChI=1S/C5H4N4O5S/c10-4-2-3(7-5(11)8-4)9(1-6-2)15(12,13)14/h1H,(H,12,13,14)(H2,7,8,10,11). The van der Waals surface area contributed by atoms with Crippen LogP contribution >= 0.6 is 0 Å². The van der Waals surface area contributed by atoms with Gasteiger partial charge in [0, 0.05) is 0 Å². The molecule has 0 aliphatic rings. The first-order valence-electron chi connectivity index (χ1n) is 3.57. The summed E-state index contributed by atoms with van der Waals surface area (Å²) in [5, 5.41) is 0. The van der Waals surface area contributed by atoms with Gasteiger partial charge in [0.15, 0.2) is 11.2 Å². The van der Waals surface area contributed by atoms with Gasteiger partial charge in [-0.05, 0) is 0 Å². The van der Waals surface area contributed by atoms with Crippen LogP contribution in [0.4, 0.5) is 0 Å². The summed E-state index contributed by atoms with van der Waals surface area (Å²) in [6, 6.07) is 0. The number of rotatable bonds is 1. The van der Waals surface area contributed by atoms with Crippen LogP contribution in [0.3, 0.4) is 0 Å². The van der Waals surface area contributed by atoms with E-state index in [0.29, 0.717) is 10.3 Å². The number of aromatic amines is 2. The second-order valence-corrected chi connectivity index (χ2v) is 3.91. The van der Waals surface area contributed by atoms with Gasteiger partial charge in [-0.25, -0.2) is 9.78 Å². The number of aromatic nitrogens is 4. The summed E-state index contributed by atoms with van der Waals surface area (Å²) in [4.78, 5) is 29.3. The van der Waals surface area contributed by atoms with E-state index in [2.05, 4.69) is 4.98 Å². The molecule has 0 aromatic carbocycles. The molecule has 0 spiro atoms. The average Bonchev–Trinajstić information content (AvgIpc) is 2.45. The molecule has 0 atom stereocenters. The summed E-state index contributed by atoms with van der Waals surface area (Å²) in [5.41, 5.74) is -2.40. The van der Waals surface area contributed by atoms with E-state index in [9.17, 15) is 18.0 Å². The Morgan fingerprint density at radius 3 is 2.60 bits per heavy atom. The lowest BCUT2D eigenvalue weighted by Gasteiger charge is -1.96. The maximum absolute atomic E-state index is 11.1. The zero-order chi connectivity index (χ0) is 11.2. The maximum atomic E-state index is 11.1. The maximum Gasteiger partial charge on any atom is 0.366 e. The lowest BCUT2D eigenvalue weighted by atomic mass is 10.5. The smallest absolute Gasteiger partial charge is 0.290 e. The number of hydrogen-bond donors (Lipinski definition) is 3. The van der Waals surface area contributed by atoms with Crippen LogP contribution in [0.25, 0.3) is 11.2 Å². The normalized spacial score (nSPS) is 12.1. The highest BCUT2D eigenvalue weighted by Gasteiger charge is 2.15. The van der Waals surface area contributed by atoms with Crippen molar-refractivity contribution in [1.82, 2.24) is 18.9 Å². The van der Waals surface area contributed by atoms with E-state index in [0.717, 1.165) is 0 Å². The minimum Gasteiger partial charge on any atom is -0.290 e. The first-order valence-corrected chi connectivity index (χ1v) is 4.97. The third-order valence-corrected chi connectivity index (χ3v) is 2.43. The third kappa shape index (κ3) is 1.45. The minimum absolute atomic E-state index is 0.285. The summed E-state index contributed by atoms with van der Waals surface area (Å²) < 4.78 is 30.6. The van der Waals surface area contributed by atoms with Gasteiger partial charge in [0.25, 0.3) is 5.56 Å². The number of imidazole rings is 1. The summed E-state index contributed by atoms with van der Waals surface area (Å²) in [7, 11) is -4.59. The van der Waals surface area contributed by atoms with Crippen molar-refractivity contribution >= 4 is 21.5 Å². The van der Waals surface area contributed by atoms with Crippen molar-refractivity contribution in [2.75, 3.05) is 0 Å². The van der Waals surface area contributed by atoms with E-state index in [1.807, 2.05) is 9.97 Å². The van der Waals surface area contributed by atoms with Gasteiger partial charge >= 0.3 is 16.0 Å². The molecule has 0 amide bonds. The van der Waals surface area contributed by atoms with Crippen LogP contribution < -0.4 is 11.2 Å². The number of nitrogens with one attached hydrogen (secondary N) is 2. The van der Waals surface area contributed by atoms with Gasteiger partial charge in [0.1, 0.15) is 6.33 Å². The molecule has 2 heterocycles. The van der Waals surface area contributed by atoms with Crippen LogP contribution in [0, 0.1) is 0 Å². The van der Waals surface area contributed by atoms with E-state index in [1.165, 1.54) is 0 Å². The molecular formula is C5H4N4O5S. The molecule has 0 fully saturated rings. The van der Waals surface area contributed by atoms with Crippen LogP contribution in [-0.2, 0) is 10.3 Å². The Morgan fingerprint density at radius 1 is 1.33 bits per heavy atom. The van der Waals surface area contributed by atoms with Gasteiger partial charge in [-0.3, -0.25) is 19.3 Å². The fourth-order valence-corrected chi connectivity index (χ4v) is 1.62. The van der Waals surface area contributed by atoms with E-state index in [-0.39, 0.29) is 11.2 Å². The molecule has 9 nitrogen and oxygen atoms in total. The number of fused-ring (bicyclic) bond motifs is 1. The Hall–Kier alpha value is -1.94. The van der Waals surface area contributed by atoms with Crippen molar-refractivity contribution in [2.24, 2.45) is 0 Å². The average molecular weight is 232 g/mol. The highest BCUT2D eigenvalue weighted by molar-refractivity contribution is 7.84. The van der Waals surface area contributed by atoms with Gasteiger partial charge in [-0.2, -0.15) is 12.4 Å². The Labute approximate surface area is 81.3 Å². The molecule has 0 aliphatic heterocycles. The molecule has 3 N–H and O–H groups in total. The molecule has 0 saturated heterocycles. The van der Waals surface area contributed by atoms with Crippen LogP contribution in [-0.4, -0.2) is 31.9 Å². The first kappa shape index (κ1) is 9.61. The van der Waals surface area contributed by atoms with E-state index in [1.54, 1.807) is 0 Å². The van der Waals surface area contributed by atoms with Crippen molar-refractivity contribution in [2.45, 2.75) is 0 Å². The predicted molar refractivity (Wildman–Crippen MR) is 47.9 cm³/mol. The SMILES string of the molecule is O=c1[nH]c(=O)c2ncn(S(=O)(=O)O)c2[nH]1. The molecule has 15 heavy (non-hydrogen) atoms. The molecule has 0 unspecified atom stereocenters. The van der Waals surface area contributed by atoms with Gasteiger partial charge in [-0.1, -0.05) is 0 Å². The van der Waals surface area contributed by atoms with Crippen LogP contribution in [0.5, 0.6) is 0 Å². The van der Waals surface area contributed by atoms with Gasteiger partial charge in [0.2, 0.25) is 0 Å². The van der Waals surface area contributed by atoms with Crippen molar-refractivity contribution in [3.8, 4) is 0 Å². The van der Waals surface area contributed by atoms with Crippen molar-refractivity contribution in [3.63, 3.8) is 0 Å². The van der Waals surface area contributed by atoms with Crippen molar-refractivity contribution in [3.05, 3.63) is 27.2 Å². The quantitative estimate of drug-likeness (QED) is 0.489. The molecule has 0 saturated carbocycles. The number of nitrogens with zero attached hydrogens (tertiary/aromatic N) is 2. The Bertz CT molecular complexity index is 735. The number of hydrogen-bond acceptors (Lipinski definition) is 5. The molecule has 0 aliphatic carbocycles. The summed E-state index contributed by atoms with van der Waals surface area (Å²) >= 11 is 0. The summed E-state index contributed by atoms with van der Waals surface area (Å²) in [6.07, 6.45) is 0.713. The topological polar surface area (TPSA) is 138 Å². The third-order valence-electron chi connectivity index (χ3n) is 1.66. The second-order valence-electron chi connectivity index (χ2n) is 2.62. The minimum atomic E-state index is -4.59. The molecule has 10 heteroatoms. The van der Waals surface area contributed by atoms with Gasteiger partial charge in [-0.15, -0.1) is 0 Å². The van der Waals surface area contributed by atoms with Crippen LogP contribution in [0.1, 0.15) is 0 Å². The fraction of sp³-hybridized carbons (Fsp3) is 0. The molecule has 80 valence electrons. The monoisotopic (exact) mass is 232 g/mol. The zero-order valence-electron chi connectivity index (χ0n) is 6.96. The fourth-order valence-electron chi connectivity index (χ4n) is 1.09. The number of H-pyrrole nitrogens is 2. The lowest BCUT2D eigenvalue weighted by molar-refractivity contribution is 0.474. The zero-order valence-corrected chi connectivity index (χ0v) is 7.78. The predicted octanol–water partition coefficient (Wildman–Crippen LogP) is -1.94. The van der Waals surface area contributed by atoms with Crippen LogP contribution in [0.15, 0.2) is 15.9 Å². The largest absolute Gasteiger partial charge is 0.366 e. The molecular weight excluding hydrogens is 228 g/mol. The van der Waals surface area contributed by atoms with Crippen LogP contribution in [0.2, 0.25) is 0 Å². The highest BCUT2D eigenvalue weighted by Crippen LogP contribution is 2.04. The summed E-state index contributed by atoms with van der Waals surface area (Å²) in [6.45, 7) is 0. The lowest BCUT2D eigenvalue weighted by Crippen LogP contribution is -2.23. The van der Waals surface area contributed by atoms with Crippen molar-refractivity contribution < 1.29 is 13.0 Å². The molecule has 0 bridgehead atoms. The Morgan fingerprint density at radius 2 is 2.00 bits per heavy atom. The molecule has 2 aromatic heterocycles. The van der Waals surface area contributed by atoms with E-state index in [4.69, 9.17) is 4.55 Å². The first-order chi connectivity index (χ1) is 6.89. The molecule has 0 radical (unpaired) electrons. The summed E-state index contributed by atoms with van der Waals surface area (Å²) in [5.74, 6) is 0. The van der Waals surface area contributed by atoms with Gasteiger partial charge in [0.05, 0.1) is 0 Å². The Balaban J connectivity index is 3.06. The van der Waals surface area contributed by atoms with Gasteiger partial charge < -0.3 is 0 Å². The molecule has 2 rings (SSSR count). The van der Waals surface area contributed by atoms with E-state index < -0.39 is 21.6 Å². The van der Waals surface area contributed by atoms with E-state index >= 15 is 0 Å². The highest BCUT2D eigenvalue weighted by atomic mass is 32.2. The van der Waals surface area contributed by atoms with Crippen molar-refractivity contribution in [1.29, 1.82) is 0 Å². The molecule has 2 aromatic rings. The Kier molecular flexibility index (Phi) is 1.78. The second kappa shape index (κ2) is 2.77.